The van der Waals surface area contributed by atoms with E-state index in [0.29, 0.717) is 6.54 Å². The summed E-state index contributed by atoms with van der Waals surface area (Å²) < 4.78 is 39.2. The summed E-state index contributed by atoms with van der Waals surface area (Å²) in [5.74, 6) is -2.35. The number of amides is 2. The molecule has 0 bridgehead atoms. The van der Waals surface area contributed by atoms with E-state index in [1.165, 1.54) is 0 Å². The number of carbonyl (C=O) groups is 2. The van der Waals surface area contributed by atoms with Crippen LogP contribution in [0.5, 0.6) is 0 Å². The van der Waals surface area contributed by atoms with E-state index in [9.17, 15) is 22.8 Å². The predicted octanol–water partition coefficient (Wildman–Crippen LogP) is 2.06. The van der Waals surface area contributed by atoms with Crippen molar-refractivity contribution in [2.45, 2.75) is 39.4 Å². The third-order valence-corrected chi connectivity index (χ3v) is 4.73. The van der Waals surface area contributed by atoms with Crippen molar-refractivity contribution in [1.29, 1.82) is 0 Å². The molecule has 0 atom stereocenters. The van der Waals surface area contributed by atoms with Crippen molar-refractivity contribution in [2.75, 3.05) is 13.1 Å². The molecule has 1 aliphatic rings. The average molecular weight is 345 g/mol. The van der Waals surface area contributed by atoms with Gasteiger partial charge in [0.2, 0.25) is 5.91 Å². The molecule has 0 spiro atoms. The molecule has 2 heterocycles. The minimum atomic E-state index is -4.85. The second-order valence-electron chi connectivity index (χ2n) is 6.24. The standard InChI is InChI=1S/C16H22F3N3O2/c1-10-8-13(11(2)21(10)3)9-20-14(23)12-4-6-22(7-5-12)15(24)16(17,18)19/h8,12H,4-7,9H2,1-3H3,(H,20,23). The SMILES string of the molecule is Cc1cc(CNC(=O)C2CCN(C(=O)C(F)(F)F)CC2)c(C)n1C. The molecule has 0 aliphatic carbocycles. The molecule has 1 saturated heterocycles. The number of halogens is 3. The second-order valence-corrected chi connectivity index (χ2v) is 6.24. The van der Waals surface area contributed by atoms with E-state index in [4.69, 9.17) is 0 Å². The summed E-state index contributed by atoms with van der Waals surface area (Å²) in [5.41, 5.74) is 3.18. The Morgan fingerprint density at radius 3 is 2.29 bits per heavy atom. The maximum absolute atomic E-state index is 12.4. The van der Waals surface area contributed by atoms with E-state index in [2.05, 4.69) is 5.32 Å². The zero-order chi connectivity index (χ0) is 18.1. The molecule has 134 valence electrons. The molecule has 1 N–H and O–H groups in total. The van der Waals surface area contributed by atoms with Crippen LogP contribution >= 0.6 is 0 Å². The lowest BCUT2D eigenvalue weighted by Gasteiger charge is -2.31. The maximum Gasteiger partial charge on any atom is 0.471 e. The molecular weight excluding hydrogens is 323 g/mol. The zero-order valence-electron chi connectivity index (χ0n) is 14.0. The highest BCUT2D eigenvalue weighted by molar-refractivity contribution is 5.83. The van der Waals surface area contributed by atoms with E-state index in [-0.39, 0.29) is 37.8 Å². The van der Waals surface area contributed by atoms with Crippen LogP contribution in [0.2, 0.25) is 0 Å². The summed E-state index contributed by atoms with van der Waals surface area (Å²) in [5, 5.41) is 2.85. The van der Waals surface area contributed by atoms with Crippen LogP contribution in [-0.4, -0.2) is 40.5 Å². The first-order valence-corrected chi connectivity index (χ1v) is 7.87. The quantitative estimate of drug-likeness (QED) is 0.912. The van der Waals surface area contributed by atoms with E-state index in [1.54, 1.807) is 0 Å². The number of hydrogen-bond donors (Lipinski definition) is 1. The van der Waals surface area contributed by atoms with E-state index in [1.807, 2.05) is 31.5 Å². The van der Waals surface area contributed by atoms with E-state index in [0.717, 1.165) is 21.9 Å². The summed E-state index contributed by atoms with van der Waals surface area (Å²) in [6.45, 7) is 4.26. The highest BCUT2D eigenvalue weighted by Gasteiger charge is 2.43. The van der Waals surface area contributed by atoms with E-state index >= 15 is 0 Å². The van der Waals surface area contributed by atoms with E-state index < -0.39 is 12.1 Å². The maximum atomic E-state index is 12.4. The molecule has 24 heavy (non-hydrogen) atoms. The van der Waals surface area contributed by atoms with Crippen LogP contribution in [0.1, 0.15) is 29.8 Å². The average Bonchev–Trinajstić information content (AvgIpc) is 2.78. The van der Waals surface area contributed by atoms with Gasteiger partial charge in [0.05, 0.1) is 0 Å². The van der Waals surface area contributed by atoms with Crippen molar-refractivity contribution in [1.82, 2.24) is 14.8 Å². The lowest BCUT2D eigenvalue weighted by atomic mass is 9.95. The molecule has 0 radical (unpaired) electrons. The lowest BCUT2D eigenvalue weighted by molar-refractivity contribution is -0.186. The molecule has 8 heteroatoms. The summed E-state index contributed by atoms with van der Waals surface area (Å²) in [6, 6.07) is 2.00. The molecule has 1 aromatic rings. The minimum Gasteiger partial charge on any atom is -0.352 e. The molecule has 1 fully saturated rings. The normalized spacial score (nSPS) is 16.3. The predicted molar refractivity (Wildman–Crippen MR) is 82.1 cm³/mol. The number of hydrogen-bond acceptors (Lipinski definition) is 2. The van der Waals surface area contributed by atoms with Crippen LogP contribution in [0, 0.1) is 19.8 Å². The molecule has 5 nitrogen and oxygen atoms in total. The monoisotopic (exact) mass is 345 g/mol. The van der Waals surface area contributed by atoms with Crippen LogP contribution < -0.4 is 5.32 Å². The van der Waals surface area contributed by atoms with Crippen molar-refractivity contribution in [3.05, 3.63) is 23.0 Å². The number of piperidine rings is 1. The molecule has 0 aromatic carbocycles. The van der Waals surface area contributed by atoms with Crippen molar-refractivity contribution in [3.8, 4) is 0 Å². The first-order valence-electron chi connectivity index (χ1n) is 7.87. The molecular formula is C16H22F3N3O2. The largest absolute Gasteiger partial charge is 0.471 e. The molecule has 0 saturated carbocycles. The Labute approximate surface area is 138 Å². The Morgan fingerprint density at radius 2 is 1.83 bits per heavy atom. The van der Waals surface area contributed by atoms with Crippen LogP contribution in [-0.2, 0) is 23.2 Å². The van der Waals surface area contributed by atoms with Crippen molar-refractivity contribution >= 4 is 11.8 Å². The minimum absolute atomic E-state index is 0.0418. The fraction of sp³-hybridized carbons (Fsp3) is 0.625. The Morgan fingerprint density at radius 1 is 1.25 bits per heavy atom. The number of nitrogens with one attached hydrogen (secondary N) is 1. The Kier molecular flexibility index (Phi) is 5.25. The first-order chi connectivity index (χ1) is 11.1. The smallest absolute Gasteiger partial charge is 0.352 e. The third kappa shape index (κ3) is 3.91. The Hall–Kier alpha value is -1.99. The van der Waals surface area contributed by atoms with Gasteiger partial charge in [-0.3, -0.25) is 9.59 Å². The van der Waals surface area contributed by atoms with Crippen LogP contribution in [0.15, 0.2) is 6.07 Å². The van der Waals surface area contributed by atoms with Crippen molar-refractivity contribution < 1.29 is 22.8 Å². The molecule has 1 aliphatic heterocycles. The summed E-state index contributed by atoms with van der Waals surface area (Å²) in [4.78, 5) is 24.2. The van der Waals surface area contributed by atoms with Gasteiger partial charge in [0.15, 0.2) is 0 Å². The van der Waals surface area contributed by atoms with Gasteiger partial charge in [-0.05, 0) is 38.3 Å². The molecule has 2 amide bonds. The van der Waals surface area contributed by atoms with Crippen LogP contribution in [0.4, 0.5) is 13.2 Å². The molecule has 0 unspecified atom stereocenters. The summed E-state index contributed by atoms with van der Waals surface area (Å²) in [6.07, 6.45) is -4.35. The van der Waals surface area contributed by atoms with Gasteiger partial charge in [-0.15, -0.1) is 0 Å². The summed E-state index contributed by atoms with van der Waals surface area (Å²) in [7, 11) is 1.95. The third-order valence-electron chi connectivity index (χ3n) is 4.73. The fourth-order valence-electron chi connectivity index (χ4n) is 2.96. The summed E-state index contributed by atoms with van der Waals surface area (Å²) >= 11 is 0. The van der Waals surface area contributed by atoms with Gasteiger partial charge in [-0.2, -0.15) is 13.2 Å². The zero-order valence-corrected chi connectivity index (χ0v) is 14.0. The lowest BCUT2D eigenvalue weighted by Crippen LogP contribution is -2.47. The van der Waals surface area contributed by atoms with Crippen molar-refractivity contribution in [3.63, 3.8) is 0 Å². The number of rotatable bonds is 3. The first kappa shape index (κ1) is 18.4. The number of nitrogens with zero attached hydrogens (tertiary/aromatic N) is 2. The number of aryl methyl sites for hydroxylation is 1. The van der Waals surface area contributed by atoms with Gasteiger partial charge in [-0.25, -0.2) is 0 Å². The molecule has 2 rings (SSSR count). The second kappa shape index (κ2) is 6.86. The highest BCUT2D eigenvalue weighted by Crippen LogP contribution is 2.24. The number of carbonyl (C=O) groups excluding carboxylic acids is 2. The van der Waals surface area contributed by atoms with Crippen LogP contribution in [0.3, 0.4) is 0 Å². The van der Waals surface area contributed by atoms with Gasteiger partial charge in [0, 0.05) is 44.0 Å². The Bertz CT molecular complexity index is 629. The fourth-order valence-corrected chi connectivity index (χ4v) is 2.96. The number of likely N-dealkylation sites (tertiary alicyclic amines) is 1. The number of aromatic nitrogens is 1. The highest BCUT2D eigenvalue weighted by atomic mass is 19.4. The van der Waals surface area contributed by atoms with Crippen LogP contribution in [0.25, 0.3) is 0 Å². The van der Waals surface area contributed by atoms with Crippen molar-refractivity contribution in [2.24, 2.45) is 13.0 Å². The van der Waals surface area contributed by atoms with Gasteiger partial charge in [0.1, 0.15) is 0 Å². The van der Waals surface area contributed by atoms with Gasteiger partial charge >= 0.3 is 12.1 Å². The Balaban J connectivity index is 1.85. The van der Waals surface area contributed by atoms with Gasteiger partial charge < -0.3 is 14.8 Å². The number of alkyl halides is 3. The molecule has 1 aromatic heterocycles. The van der Waals surface area contributed by atoms with Gasteiger partial charge in [0.25, 0.3) is 0 Å². The topological polar surface area (TPSA) is 54.3 Å². The van der Waals surface area contributed by atoms with Gasteiger partial charge in [-0.1, -0.05) is 0 Å².